The summed E-state index contributed by atoms with van der Waals surface area (Å²) in [7, 11) is 0. The molecule has 0 aliphatic rings. The zero-order valence-electron chi connectivity index (χ0n) is 7.83. The Balaban J connectivity index is 2.99. The SMILES string of the molecule is C[C@](N)(CCO)c1ccccc1N. The van der Waals surface area contributed by atoms with Crippen molar-refractivity contribution in [2.75, 3.05) is 12.3 Å². The first-order chi connectivity index (χ1) is 6.08. The van der Waals surface area contributed by atoms with Crippen LogP contribution in [0.5, 0.6) is 0 Å². The van der Waals surface area contributed by atoms with Gasteiger partial charge in [0.05, 0.1) is 0 Å². The maximum Gasteiger partial charge on any atom is 0.0451 e. The van der Waals surface area contributed by atoms with Gasteiger partial charge in [0.1, 0.15) is 0 Å². The summed E-state index contributed by atoms with van der Waals surface area (Å²) in [6.45, 7) is 1.94. The Kier molecular flexibility index (Phi) is 2.90. The maximum atomic E-state index is 8.83. The number of rotatable bonds is 3. The minimum Gasteiger partial charge on any atom is -0.398 e. The van der Waals surface area contributed by atoms with Crippen molar-refractivity contribution >= 4 is 5.69 Å². The highest BCUT2D eigenvalue weighted by Gasteiger charge is 2.22. The second-order valence-corrected chi connectivity index (χ2v) is 3.48. The number of aliphatic hydroxyl groups is 1. The predicted molar refractivity (Wildman–Crippen MR) is 54.1 cm³/mol. The summed E-state index contributed by atoms with van der Waals surface area (Å²) in [5, 5.41) is 8.83. The van der Waals surface area contributed by atoms with Crippen molar-refractivity contribution in [3.05, 3.63) is 29.8 Å². The van der Waals surface area contributed by atoms with E-state index in [1.807, 2.05) is 31.2 Å². The second kappa shape index (κ2) is 3.77. The Hall–Kier alpha value is -1.06. The summed E-state index contributed by atoms with van der Waals surface area (Å²) >= 11 is 0. The topological polar surface area (TPSA) is 72.3 Å². The molecule has 0 unspecified atom stereocenters. The molecule has 0 radical (unpaired) electrons. The molecular weight excluding hydrogens is 164 g/mol. The molecule has 1 atom stereocenters. The van der Waals surface area contributed by atoms with Crippen LogP contribution in [0.15, 0.2) is 24.3 Å². The van der Waals surface area contributed by atoms with E-state index in [9.17, 15) is 0 Å². The van der Waals surface area contributed by atoms with E-state index in [2.05, 4.69) is 0 Å². The molecule has 3 heteroatoms. The largest absolute Gasteiger partial charge is 0.398 e. The van der Waals surface area contributed by atoms with Gasteiger partial charge in [-0.15, -0.1) is 0 Å². The van der Waals surface area contributed by atoms with Crippen molar-refractivity contribution in [2.24, 2.45) is 5.73 Å². The molecule has 3 nitrogen and oxygen atoms in total. The van der Waals surface area contributed by atoms with E-state index in [1.165, 1.54) is 0 Å². The van der Waals surface area contributed by atoms with Crippen molar-refractivity contribution in [1.82, 2.24) is 0 Å². The highest BCUT2D eigenvalue weighted by atomic mass is 16.3. The van der Waals surface area contributed by atoms with Crippen LogP contribution in [-0.2, 0) is 5.54 Å². The molecule has 0 fully saturated rings. The zero-order chi connectivity index (χ0) is 9.90. The zero-order valence-corrected chi connectivity index (χ0v) is 7.83. The van der Waals surface area contributed by atoms with Gasteiger partial charge in [0.15, 0.2) is 0 Å². The van der Waals surface area contributed by atoms with E-state index in [0.29, 0.717) is 12.1 Å². The first-order valence-corrected chi connectivity index (χ1v) is 4.32. The third-order valence-electron chi connectivity index (χ3n) is 2.21. The van der Waals surface area contributed by atoms with Crippen molar-refractivity contribution in [3.8, 4) is 0 Å². The summed E-state index contributed by atoms with van der Waals surface area (Å²) in [4.78, 5) is 0. The van der Waals surface area contributed by atoms with Gasteiger partial charge in [0.2, 0.25) is 0 Å². The minimum absolute atomic E-state index is 0.0708. The van der Waals surface area contributed by atoms with Crippen LogP contribution in [0.1, 0.15) is 18.9 Å². The van der Waals surface area contributed by atoms with Gasteiger partial charge in [-0.2, -0.15) is 0 Å². The first kappa shape index (κ1) is 10.0. The van der Waals surface area contributed by atoms with Crippen LogP contribution in [0.2, 0.25) is 0 Å². The van der Waals surface area contributed by atoms with Crippen molar-refractivity contribution in [1.29, 1.82) is 0 Å². The van der Waals surface area contributed by atoms with Gasteiger partial charge in [-0.3, -0.25) is 0 Å². The van der Waals surface area contributed by atoms with Crippen LogP contribution >= 0.6 is 0 Å². The minimum atomic E-state index is -0.542. The van der Waals surface area contributed by atoms with Gasteiger partial charge in [-0.1, -0.05) is 18.2 Å². The number of hydrogen-bond donors (Lipinski definition) is 3. The molecule has 13 heavy (non-hydrogen) atoms. The number of hydrogen-bond acceptors (Lipinski definition) is 3. The number of aliphatic hydroxyl groups excluding tert-OH is 1. The molecule has 1 aromatic carbocycles. The Morgan fingerprint density at radius 3 is 2.54 bits per heavy atom. The van der Waals surface area contributed by atoms with Crippen molar-refractivity contribution in [2.45, 2.75) is 18.9 Å². The van der Waals surface area contributed by atoms with Crippen LogP contribution < -0.4 is 11.5 Å². The average molecular weight is 180 g/mol. The fourth-order valence-corrected chi connectivity index (χ4v) is 1.38. The van der Waals surface area contributed by atoms with E-state index in [0.717, 1.165) is 5.56 Å². The number of para-hydroxylation sites is 1. The molecule has 0 amide bonds. The van der Waals surface area contributed by atoms with E-state index < -0.39 is 5.54 Å². The Morgan fingerprint density at radius 1 is 1.38 bits per heavy atom. The summed E-state index contributed by atoms with van der Waals surface area (Å²) < 4.78 is 0. The first-order valence-electron chi connectivity index (χ1n) is 4.32. The molecule has 0 aromatic heterocycles. The highest BCUT2D eigenvalue weighted by Crippen LogP contribution is 2.25. The Morgan fingerprint density at radius 2 is 2.00 bits per heavy atom. The van der Waals surface area contributed by atoms with E-state index >= 15 is 0 Å². The molecule has 0 heterocycles. The van der Waals surface area contributed by atoms with E-state index in [-0.39, 0.29) is 6.61 Å². The number of benzene rings is 1. The third-order valence-corrected chi connectivity index (χ3v) is 2.21. The molecule has 1 rings (SSSR count). The fraction of sp³-hybridized carbons (Fsp3) is 0.400. The lowest BCUT2D eigenvalue weighted by atomic mass is 9.89. The van der Waals surface area contributed by atoms with Gasteiger partial charge in [-0.05, 0) is 25.0 Å². The summed E-state index contributed by atoms with van der Waals surface area (Å²) in [5.74, 6) is 0. The molecule has 5 N–H and O–H groups in total. The van der Waals surface area contributed by atoms with Gasteiger partial charge < -0.3 is 16.6 Å². The lowest BCUT2D eigenvalue weighted by Crippen LogP contribution is -2.34. The predicted octanol–water partition coefficient (Wildman–Crippen LogP) is 0.825. The lowest BCUT2D eigenvalue weighted by Gasteiger charge is -2.25. The molecule has 0 spiro atoms. The van der Waals surface area contributed by atoms with Gasteiger partial charge >= 0.3 is 0 Å². The smallest absolute Gasteiger partial charge is 0.0451 e. The summed E-state index contributed by atoms with van der Waals surface area (Å²) in [5.41, 5.74) is 12.8. The Bertz CT molecular complexity index is 284. The standard InChI is InChI=1S/C10H16N2O/c1-10(12,6-7-13)8-4-2-3-5-9(8)11/h2-5,13H,6-7,11-12H2,1H3/t10-/m0/s1. The summed E-state index contributed by atoms with van der Waals surface area (Å²) in [6, 6.07) is 7.48. The molecule has 72 valence electrons. The molecule has 0 bridgehead atoms. The maximum absolute atomic E-state index is 8.83. The van der Waals surface area contributed by atoms with E-state index in [4.69, 9.17) is 16.6 Å². The Labute approximate surface area is 78.4 Å². The van der Waals surface area contributed by atoms with Gasteiger partial charge in [0, 0.05) is 17.8 Å². The number of nitrogen functional groups attached to an aromatic ring is 1. The normalized spacial score (nSPS) is 15.3. The van der Waals surface area contributed by atoms with Crippen LogP contribution in [-0.4, -0.2) is 11.7 Å². The quantitative estimate of drug-likeness (QED) is 0.603. The highest BCUT2D eigenvalue weighted by molar-refractivity contribution is 5.49. The third kappa shape index (κ3) is 2.20. The molecule has 0 saturated carbocycles. The fourth-order valence-electron chi connectivity index (χ4n) is 1.38. The molecule has 0 aliphatic heterocycles. The number of anilines is 1. The van der Waals surface area contributed by atoms with Crippen molar-refractivity contribution < 1.29 is 5.11 Å². The van der Waals surface area contributed by atoms with E-state index in [1.54, 1.807) is 0 Å². The van der Waals surface area contributed by atoms with Crippen molar-refractivity contribution in [3.63, 3.8) is 0 Å². The van der Waals surface area contributed by atoms with Crippen LogP contribution in [0.3, 0.4) is 0 Å². The van der Waals surface area contributed by atoms with Crippen LogP contribution in [0.25, 0.3) is 0 Å². The monoisotopic (exact) mass is 180 g/mol. The van der Waals surface area contributed by atoms with Gasteiger partial charge in [0.25, 0.3) is 0 Å². The second-order valence-electron chi connectivity index (χ2n) is 3.48. The summed E-state index contributed by atoms with van der Waals surface area (Å²) in [6.07, 6.45) is 0.515. The van der Waals surface area contributed by atoms with Crippen LogP contribution in [0, 0.1) is 0 Å². The van der Waals surface area contributed by atoms with Gasteiger partial charge in [-0.25, -0.2) is 0 Å². The molecule has 0 saturated heterocycles. The lowest BCUT2D eigenvalue weighted by molar-refractivity contribution is 0.247. The molecule has 0 aliphatic carbocycles. The number of nitrogens with two attached hydrogens (primary N) is 2. The van der Waals surface area contributed by atoms with Crippen LogP contribution in [0.4, 0.5) is 5.69 Å². The molecule has 1 aromatic rings. The average Bonchev–Trinajstić information content (AvgIpc) is 2.04. The molecular formula is C10H16N2O.